The van der Waals surface area contributed by atoms with Crippen molar-refractivity contribution in [3.63, 3.8) is 0 Å². The zero-order valence-electron chi connectivity index (χ0n) is 11.6. The van der Waals surface area contributed by atoms with Gasteiger partial charge in [0, 0.05) is 12.2 Å². The highest BCUT2D eigenvalue weighted by molar-refractivity contribution is 5.51. The summed E-state index contributed by atoms with van der Waals surface area (Å²) in [6.45, 7) is 5.11. The molecule has 1 aromatic carbocycles. The Bertz CT molecular complexity index is 646. The molecule has 0 unspecified atom stereocenters. The molecule has 2 aromatic rings. The molecule has 0 saturated carbocycles. The van der Waals surface area contributed by atoms with Crippen LogP contribution in [-0.2, 0) is 6.54 Å². The second-order valence-electron chi connectivity index (χ2n) is 4.56. The number of halogens is 1. The van der Waals surface area contributed by atoms with E-state index in [2.05, 4.69) is 4.98 Å². The van der Waals surface area contributed by atoms with Gasteiger partial charge in [0.25, 0.3) is 0 Å². The van der Waals surface area contributed by atoms with E-state index in [1.54, 1.807) is 12.1 Å². The van der Waals surface area contributed by atoms with Crippen LogP contribution in [-0.4, -0.2) is 11.5 Å². The van der Waals surface area contributed by atoms with Gasteiger partial charge in [0.1, 0.15) is 5.82 Å². The van der Waals surface area contributed by atoms with Gasteiger partial charge >= 0.3 is 0 Å². The largest absolute Gasteiger partial charge is 0.364 e. The SMILES string of the molecule is CCN(Cc1cccc(C)n1)c1ccc(C#N)cc1F. The Kier molecular flexibility index (Phi) is 4.31. The summed E-state index contributed by atoms with van der Waals surface area (Å²) < 4.78 is 14.0. The topological polar surface area (TPSA) is 39.9 Å². The van der Waals surface area contributed by atoms with E-state index in [0.717, 1.165) is 11.4 Å². The predicted molar refractivity (Wildman–Crippen MR) is 76.8 cm³/mol. The standard InChI is InChI=1S/C16H16FN3/c1-3-20(11-14-6-4-5-12(2)19-14)16-8-7-13(10-18)9-15(16)17/h4-9H,3,11H2,1-2H3. The normalized spacial score (nSPS) is 10.1. The van der Waals surface area contributed by atoms with Gasteiger partial charge in [-0.3, -0.25) is 4.98 Å². The molecule has 3 nitrogen and oxygen atoms in total. The molecule has 0 atom stereocenters. The van der Waals surface area contributed by atoms with Crippen LogP contribution in [0.25, 0.3) is 0 Å². The van der Waals surface area contributed by atoms with Gasteiger partial charge in [-0.15, -0.1) is 0 Å². The van der Waals surface area contributed by atoms with Gasteiger partial charge < -0.3 is 4.90 Å². The number of nitriles is 1. The van der Waals surface area contributed by atoms with Crippen LogP contribution >= 0.6 is 0 Å². The smallest absolute Gasteiger partial charge is 0.147 e. The van der Waals surface area contributed by atoms with Crippen molar-refractivity contribution in [2.24, 2.45) is 0 Å². The Hall–Kier alpha value is -2.41. The molecule has 102 valence electrons. The first-order valence-corrected chi connectivity index (χ1v) is 6.51. The minimum atomic E-state index is -0.376. The third-order valence-corrected chi connectivity index (χ3v) is 3.10. The highest BCUT2D eigenvalue weighted by Crippen LogP contribution is 2.22. The maximum Gasteiger partial charge on any atom is 0.147 e. The zero-order chi connectivity index (χ0) is 14.5. The average Bonchev–Trinajstić information content (AvgIpc) is 2.45. The monoisotopic (exact) mass is 269 g/mol. The fourth-order valence-electron chi connectivity index (χ4n) is 2.08. The number of rotatable bonds is 4. The van der Waals surface area contributed by atoms with Gasteiger partial charge in [-0.25, -0.2) is 4.39 Å². The third-order valence-electron chi connectivity index (χ3n) is 3.10. The molecular weight excluding hydrogens is 253 g/mol. The molecular formula is C16H16FN3. The minimum absolute atomic E-state index is 0.330. The van der Waals surface area contributed by atoms with Crippen LogP contribution in [0.1, 0.15) is 23.9 Å². The molecule has 1 heterocycles. The number of aryl methyl sites for hydroxylation is 1. The Morgan fingerprint density at radius 3 is 2.70 bits per heavy atom. The Morgan fingerprint density at radius 1 is 1.30 bits per heavy atom. The molecule has 0 N–H and O–H groups in total. The summed E-state index contributed by atoms with van der Waals surface area (Å²) in [4.78, 5) is 6.33. The van der Waals surface area contributed by atoms with Crippen LogP contribution in [0.5, 0.6) is 0 Å². The highest BCUT2D eigenvalue weighted by atomic mass is 19.1. The van der Waals surface area contributed by atoms with Crippen LogP contribution in [0.15, 0.2) is 36.4 Å². The van der Waals surface area contributed by atoms with E-state index in [1.807, 2.05) is 43.0 Å². The molecule has 0 spiro atoms. The van der Waals surface area contributed by atoms with E-state index in [0.29, 0.717) is 24.3 Å². The van der Waals surface area contributed by atoms with Gasteiger partial charge in [-0.2, -0.15) is 5.26 Å². The third kappa shape index (κ3) is 3.12. The van der Waals surface area contributed by atoms with Gasteiger partial charge in [-0.1, -0.05) is 6.07 Å². The molecule has 0 aliphatic heterocycles. The number of aromatic nitrogens is 1. The number of hydrogen-bond donors (Lipinski definition) is 0. The Morgan fingerprint density at radius 2 is 2.10 bits per heavy atom. The average molecular weight is 269 g/mol. The molecule has 0 saturated heterocycles. The molecule has 0 fully saturated rings. The predicted octanol–water partition coefficient (Wildman–Crippen LogP) is 3.43. The highest BCUT2D eigenvalue weighted by Gasteiger charge is 2.12. The summed E-state index contributed by atoms with van der Waals surface area (Å²) >= 11 is 0. The van der Waals surface area contributed by atoms with Crippen molar-refractivity contribution in [1.82, 2.24) is 4.98 Å². The molecule has 4 heteroatoms. The molecule has 0 bridgehead atoms. The fraction of sp³-hybridized carbons (Fsp3) is 0.250. The number of hydrogen-bond acceptors (Lipinski definition) is 3. The second kappa shape index (κ2) is 6.16. The van der Waals surface area contributed by atoms with Crippen LogP contribution in [0.3, 0.4) is 0 Å². The van der Waals surface area contributed by atoms with E-state index in [4.69, 9.17) is 5.26 Å². The van der Waals surface area contributed by atoms with E-state index < -0.39 is 0 Å². The molecule has 0 aliphatic carbocycles. The molecule has 0 amide bonds. The summed E-state index contributed by atoms with van der Waals surface area (Å²) in [6.07, 6.45) is 0. The summed E-state index contributed by atoms with van der Waals surface area (Å²) in [7, 11) is 0. The van der Waals surface area contributed by atoms with Crippen LogP contribution in [0, 0.1) is 24.1 Å². The van der Waals surface area contributed by atoms with E-state index in [1.165, 1.54) is 6.07 Å². The summed E-state index contributed by atoms with van der Waals surface area (Å²) in [5, 5.41) is 8.77. The van der Waals surface area contributed by atoms with Crippen LogP contribution < -0.4 is 4.90 Å². The van der Waals surface area contributed by atoms with Crippen molar-refractivity contribution < 1.29 is 4.39 Å². The maximum absolute atomic E-state index is 14.0. The van der Waals surface area contributed by atoms with Crippen LogP contribution in [0.2, 0.25) is 0 Å². The first-order chi connectivity index (χ1) is 9.63. The number of pyridine rings is 1. The van der Waals surface area contributed by atoms with Gasteiger partial charge in [0.2, 0.25) is 0 Å². The van der Waals surface area contributed by atoms with E-state index >= 15 is 0 Å². The van der Waals surface area contributed by atoms with Crippen molar-refractivity contribution in [2.45, 2.75) is 20.4 Å². The molecule has 2 rings (SSSR count). The lowest BCUT2D eigenvalue weighted by atomic mass is 10.2. The molecule has 0 radical (unpaired) electrons. The zero-order valence-corrected chi connectivity index (χ0v) is 11.6. The number of anilines is 1. The Labute approximate surface area is 118 Å². The molecule has 1 aromatic heterocycles. The first kappa shape index (κ1) is 14.0. The van der Waals surface area contributed by atoms with Crippen molar-refractivity contribution in [3.05, 3.63) is 59.2 Å². The van der Waals surface area contributed by atoms with Crippen molar-refractivity contribution in [3.8, 4) is 6.07 Å². The lowest BCUT2D eigenvalue weighted by Gasteiger charge is -2.23. The Balaban J connectivity index is 2.27. The number of nitrogens with zero attached hydrogens (tertiary/aromatic N) is 3. The first-order valence-electron chi connectivity index (χ1n) is 6.51. The van der Waals surface area contributed by atoms with E-state index in [-0.39, 0.29) is 5.82 Å². The van der Waals surface area contributed by atoms with E-state index in [9.17, 15) is 4.39 Å². The second-order valence-corrected chi connectivity index (χ2v) is 4.56. The van der Waals surface area contributed by atoms with Crippen molar-refractivity contribution >= 4 is 5.69 Å². The number of benzene rings is 1. The van der Waals surface area contributed by atoms with Crippen LogP contribution in [0.4, 0.5) is 10.1 Å². The lowest BCUT2D eigenvalue weighted by molar-refractivity contribution is 0.616. The van der Waals surface area contributed by atoms with Gasteiger partial charge in [0.15, 0.2) is 0 Å². The molecule has 0 aliphatic rings. The summed E-state index contributed by atoms with van der Waals surface area (Å²) in [6, 6.07) is 12.3. The maximum atomic E-state index is 14.0. The van der Waals surface area contributed by atoms with Gasteiger partial charge in [0.05, 0.1) is 29.6 Å². The lowest BCUT2D eigenvalue weighted by Crippen LogP contribution is -2.23. The quantitative estimate of drug-likeness (QED) is 0.853. The molecule has 20 heavy (non-hydrogen) atoms. The fourth-order valence-corrected chi connectivity index (χ4v) is 2.08. The van der Waals surface area contributed by atoms with Crippen molar-refractivity contribution in [1.29, 1.82) is 5.26 Å². The minimum Gasteiger partial charge on any atom is -0.364 e. The van der Waals surface area contributed by atoms with Crippen molar-refractivity contribution in [2.75, 3.05) is 11.4 Å². The van der Waals surface area contributed by atoms with Gasteiger partial charge in [-0.05, 0) is 44.2 Å². The summed E-state index contributed by atoms with van der Waals surface area (Å²) in [5.41, 5.74) is 2.67. The summed E-state index contributed by atoms with van der Waals surface area (Å²) in [5.74, 6) is -0.376.